The van der Waals surface area contributed by atoms with Crippen molar-refractivity contribution in [2.45, 2.75) is 279 Å². The molecule has 0 heterocycles. The van der Waals surface area contributed by atoms with Crippen molar-refractivity contribution in [3.05, 3.63) is 0 Å². The van der Waals surface area contributed by atoms with E-state index in [1.165, 1.54) is 154 Å². The molecule has 0 aliphatic carbocycles. The summed E-state index contributed by atoms with van der Waals surface area (Å²) in [5.41, 5.74) is 0. The molecule has 0 aromatic carbocycles. The van der Waals surface area contributed by atoms with E-state index < -0.39 is 6.10 Å². The van der Waals surface area contributed by atoms with Crippen molar-refractivity contribution in [2.24, 2.45) is 17.8 Å². The van der Waals surface area contributed by atoms with Crippen LogP contribution in [0.25, 0.3) is 0 Å². The third-order valence-electron chi connectivity index (χ3n) is 11.4. The molecular weight excluding hydrogens is 709 g/mol. The molecule has 0 aromatic heterocycles. The van der Waals surface area contributed by atoms with Crippen molar-refractivity contribution in [1.29, 1.82) is 0 Å². The lowest BCUT2D eigenvalue weighted by Crippen LogP contribution is -2.30. The van der Waals surface area contributed by atoms with E-state index in [9.17, 15) is 14.4 Å². The molecule has 0 saturated carbocycles. The molecule has 0 aliphatic heterocycles. The molecule has 0 aromatic rings. The van der Waals surface area contributed by atoms with Crippen LogP contribution in [0.3, 0.4) is 0 Å². The van der Waals surface area contributed by atoms with Crippen LogP contribution in [0.1, 0.15) is 273 Å². The van der Waals surface area contributed by atoms with Gasteiger partial charge in [-0.15, -0.1) is 0 Å². The van der Waals surface area contributed by atoms with Crippen LogP contribution in [0.5, 0.6) is 0 Å². The molecule has 0 N–H and O–H groups in total. The Bertz CT molecular complexity index is 883. The number of carbonyl (C=O) groups is 3. The van der Waals surface area contributed by atoms with Gasteiger partial charge >= 0.3 is 17.9 Å². The van der Waals surface area contributed by atoms with Crippen LogP contribution in [0.4, 0.5) is 0 Å². The Morgan fingerprint density at radius 2 is 0.509 bits per heavy atom. The van der Waals surface area contributed by atoms with Crippen LogP contribution in [-0.4, -0.2) is 37.2 Å². The minimum Gasteiger partial charge on any atom is -0.462 e. The van der Waals surface area contributed by atoms with E-state index in [0.717, 1.165) is 75.5 Å². The van der Waals surface area contributed by atoms with Crippen molar-refractivity contribution < 1.29 is 28.6 Å². The second kappa shape index (κ2) is 42.5. The average Bonchev–Trinajstić information content (AvgIpc) is 3.16. The number of unbranched alkanes of at least 4 members (excludes halogenated alkanes) is 27. The molecule has 0 saturated heterocycles. The highest BCUT2D eigenvalue weighted by molar-refractivity contribution is 5.71. The molecule has 6 heteroatoms. The summed E-state index contributed by atoms with van der Waals surface area (Å²) in [5.74, 6) is 1.58. The lowest BCUT2D eigenvalue weighted by Gasteiger charge is -2.18. The zero-order chi connectivity index (χ0) is 42.0. The summed E-state index contributed by atoms with van der Waals surface area (Å²) in [4.78, 5) is 37.9. The number of esters is 3. The van der Waals surface area contributed by atoms with E-state index in [2.05, 4.69) is 41.5 Å². The zero-order valence-corrected chi connectivity index (χ0v) is 39.1. The van der Waals surface area contributed by atoms with E-state index in [-0.39, 0.29) is 31.1 Å². The van der Waals surface area contributed by atoms with Gasteiger partial charge in [0, 0.05) is 19.3 Å². The van der Waals surface area contributed by atoms with Gasteiger partial charge in [0.1, 0.15) is 13.2 Å². The van der Waals surface area contributed by atoms with E-state index in [0.29, 0.717) is 19.3 Å². The predicted octanol–water partition coefficient (Wildman–Crippen LogP) is 16.0. The molecular formula is C51H98O6. The predicted molar refractivity (Wildman–Crippen MR) is 243 cm³/mol. The summed E-state index contributed by atoms with van der Waals surface area (Å²) < 4.78 is 16.8. The molecule has 0 amide bonds. The van der Waals surface area contributed by atoms with Gasteiger partial charge < -0.3 is 14.2 Å². The number of hydrogen-bond acceptors (Lipinski definition) is 6. The summed E-state index contributed by atoms with van der Waals surface area (Å²) in [7, 11) is 0. The normalized spacial score (nSPS) is 12.2. The Morgan fingerprint density at radius 3 is 0.754 bits per heavy atom. The largest absolute Gasteiger partial charge is 0.462 e. The second-order valence-electron chi connectivity index (χ2n) is 18.9. The number of ether oxygens (including phenoxy) is 3. The molecule has 0 spiro atoms. The number of carbonyl (C=O) groups excluding carboxylic acids is 3. The molecule has 0 rings (SSSR count). The van der Waals surface area contributed by atoms with Crippen molar-refractivity contribution in [3.8, 4) is 0 Å². The van der Waals surface area contributed by atoms with Crippen molar-refractivity contribution >= 4 is 17.9 Å². The Hall–Kier alpha value is -1.59. The van der Waals surface area contributed by atoms with Crippen LogP contribution in [-0.2, 0) is 28.6 Å². The van der Waals surface area contributed by atoms with Crippen LogP contribution in [0.2, 0.25) is 0 Å². The summed E-state index contributed by atoms with van der Waals surface area (Å²) in [6, 6.07) is 0. The highest BCUT2D eigenvalue weighted by atomic mass is 16.6. The molecule has 0 unspecified atom stereocenters. The Labute approximate surface area is 355 Å². The Kier molecular flexibility index (Phi) is 41.3. The van der Waals surface area contributed by atoms with Gasteiger partial charge in [-0.2, -0.15) is 0 Å². The first-order valence-corrected chi connectivity index (χ1v) is 25.1. The van der Waals surface area contributed by atoms with E-state index in [4.69, 9.17) is 14.2 Å². The summed E-state index contributed by atoms with van der Waals surface area (Å²) in [6.45, 7) is 13.7. The molecule has 6 nitrogen and oxygen atoms in total. The average molecular weight is 807 g/mol. The zero-order valence-electron chi connectivity index (χ0n) is 39.1. The van der Waals surface area contributed by atoms with Gasteiger partial charge in [0.15, 0.2) is 6.10 Å². The molecule has 338 valence electrons. The number of rotatable bonds is 44. The molecule has 0 aliphatic rings. The fourth-order valence-corrected chi connectivity index (χ4v) is 7.59. The molecule has 57 heavy (non-hydrogen) atoms. The van der Waals surface area contributed by atoms with Crippen LogP contribution < -0.4 is 0 Å². The van der Waals surface area contributed by atoms with E-state index in [1.807, 2.05) is 0 Å². The lowest BCUT2D eigenvalue weighted by molar-refractivity contribution is -0.167. The van der Waals surface area contributed by atoms with Gasteiger partial charge in [0.25, 0.3) is 0 Å². The maximum absolute atomic E-state index is 12.7. The lowest BCUT2D eigenvalue weighted by atomic mass is 10.0. The van der Waals surface area contributed by atoms with Gasteiger partial charge in [-0.05, 0) is 37.0 Å². The maximum atomic E-state index is 12.7. The maximum Gasteiger partial charge on any atom is 0.306 e. The fourth-order valence-electron chi connectivity index (χ4n) is 7.59. The van der Waals surface area contributed by atoms with Gasteiger partial charge in [0.05, 0.1) is 0 Å². The van der Waals surface area contributed by atoms with Crippen molar-refractivity contribution in [1.82, 2.24) is 0 Å². The van der Waals surface area contributed by atoms with Crippen molar-refractivity contribution in [3.63, 3.8) is 0 Å². The van der Waals surface area contributed by atoms with E-state index >= 15 is 0 Å². The summed E-state index contributed by atoms with van der Waals surface area (Å²) in [6.07, 6.45) is 41.0. The van der Waals surface area contributed by atoms with Crippen LogP contribution >= 0.6 is 0 Å². The molecule has 0 bridgehead atoms. The first-order chi connectivity index (χ1) is 27.6. The number of hydrogen-bond donors (Lipinski definition) is 0. The Morgan fingerprint density at radius 1 is 0.298 bits per heavy atom. The monoisotopic (exact) mass is 807 g/mol. The Balaban J connectivity index is 4.29. The van der Waals surface area contributed by atoms with Crippen LogP contribution in [0.15, 0.2) is 0 Å². The first kappa shape index (κ1) is 55.4. The molecule has 1 atom stereocenters. The standard InChI is InChI=1S/C51H98O6/c1-45(2)37-31-25-19-14-10-7-8-12-16-22-28-34-40-49(52)55-43-48(57-51(54)42-36-30-24-18-21-27-33-39-47(5)6)44-56-50(53)41-35-29-23-17-13-9-11-15-20-26-32-38-46(3)4/h45-48H,7-44H2,1-6H3/t48-/m0/s1. The highest BCUT2D eigenvalue weighted by Crippen LogP contribution is 2.17. The second-order valence-corrected chi connectivity index (χ2v) is 18.9. The van der Waals surface area contributed by atoms with Gasteiger partial charge in [-0.25, -0.2) is 0 Å². The van der Waals surface area contributed by atoms with Crippen molar-refractivity contribution in [2.75, 3.05) is 13.2 Å². The van der Waals surface area contributed by atoms with Gasteiger partial charge in [-0.3, -0.25) is 14.4 Å². The minimum atomic E-state index is -0.762. The first-order valence-electron chi connectivity index (χ1n) is 25.1. The smallest absolute Gasteiger partial charge is 0.306 e. The molecule has 0 fully saturated rings. The summed E-state index contributed by atoms with van der Waals surface area (Å²) in [5, 5.41) is 0. The van der Waals surface area contributed by atoms with Gasteiger partial charge in [0.2, 0.25) is 0 Å². The van der Waals surface area contributed by atoms with Crippen LogP contribution in [0, 0.1) is 17.8 Å². The van der Waals surface area contributed by atoms with Gasteiger partial charge in [-0.1, -0.05) is 234 Å². The SMILES string of the molecule is CC(C)CCCCCCCCCCCCCCC(=O)OC[C@@H](COC(=O)CCCCCCCCCCCCCC(C)C)OC(=O)CCCCCCCCCC(C)C. The fraction of sp³-hybridized carbons (Fsp3) is 0.941. The summed E-state index contributed by atoms with van der Waals surface area (Å²) >= 11 is 0. The molecule has 0 radical (unpaired) electrons. The van der Waals surface area contributed by atoms with E-state index in [1.54, 1.807) is 0 Å². The third-order valence-corrected chi connectivity index (χ3v) is 11.4. The highest BCUT2D eigenvalue weighted by Gasteiger charge is 2.19. The topological polar surface area (TPSA) is 78.9 Å². The quantitative estimate of drug-likeness (QED) is 0.0347. The minimum absolute atomic E-state index is 0.0656. The third kappa shape index (κ3) is 45.3.